The van der Waals surface area contributed by atoms with Gasteiger partial charge in [-0.2, -0.15) is 0 Å². The summed E-state index contributed by atoms with van der Waals surface area (Å²) in [6.45, 7) is 6.32. The van der Waals surface area contributed by atoms with Crippen LogP contribution in [0, 0.1) is 5.92 Å². The monoisotopic (exact) mass is 380 g/mol. The van der Waals surface area contributed by atoms with Crippen molar-refractivity contribution in [3.05, 3.63) is 59.7 Å². The van der Waals surface area contributed by atoms with Gasteiger partial charge in [0.2, 0.25) is 0 Å². The molecule has 28 heavy (non-hydrogen) atoms. The molecule has 3 aliphatic heterocycles. The van der Waals surface area contributed by atoms with Crippen molar-refractivity contribution in [3.63, 3.8) is 0 Å². The van der Waals surface area contributed by atoms with Crippen LogP contribution >= 0.6 is 0 Å². The van der Waals surface area contributed by atoms with Gasteiger partial charge in [0.25, 0.3) is 0 Å². The van der Waals surface area contributed by atoms with Crippen LogP contribution in [0.5, 0.6) is 0 Å². The van der Waals surface area contributed by atoms with Crippen molar-refractivity contribution in [1.82, 2.24) is 19.8 Å². The molecule has 5 heteroatoms. The van der Waals surface area contributed by atoms with Crippen LogP contribution in [0.4, 0.5) is 0 Å². The molecule has 5 rings (SSSR count). The van der Waals surface area contributed by atoms with E-state index < -0.39 is 0 Å². The van der Waals surface area contributed by atoms with Gasteiger partial charge in [0.15, 0.2) is 5.82 Å². The van der Waals surface area contributed by atoms with Crippen LogP contribution in [-0.2, 0) is 24.3 Å². The van der Waals surface area contributed by atoms with Crippen LogP contribution in [0.2, 0.25) is 0 Å². The molecule has 2 atom stereocenters. The summed E-state index contributed by atoms with van der Waals surface area (Å²) in [4.78, 5) is 14.2. The van der Waals surface area contributed by atoms with E-state index in [1.165, 1.54) is 63.0 Å². The van der Waals surface area contributed by atoms with Crippen LogP contribution in [0.15, 0.2) is 42.7 Å². The molecule has 2 aromatic rings. The lowest BCUT2D eigenvalue weighted by molar-refractivity contribution is 0.123. The number of aromatic nitrogens is 2. The molecule has 3 fully saturated rings. The van der Waals surface area contributed by atoms with Gasteiger partial charge >= 0.3 is 0 Å². The first-order valence-electron chi connectivity index (χ1n) is 10.6. The van der Waals surface area contributed by atoms with Gasteiger partial charge in [0.1, 0.15) is 6.61 Å². The van der Waals surface area contributed by atoms with Crippen LogP contribution in [0.1, 0.15) is 36.2 Å². The number of hydrogen-bond acceptors (Lipinski definition) is 5. The normalized spacial score (nSPS) is 23.0. The van der Waals surface area contributed by atoms with E-state index in [9.17, 15) is 0 Å². The van der Waals surface area contributed by atoms with Gasteiger partial charge in [-0.25, -0.2) is 9.97 Å². The summed E-state index contributed by atoms with van der Waals surface area (Å²) in [5.74, 6) is 1.55. The second-order valence-electron chi connectivity index (χ2n) is 8.32. The summed E-state index contributed by atoms with van der Waals surface area (Å²) >= 11 is 0. The SMILES string of the molecule is COCc1ncc(CN2C[C@H]3CC[C@@H]2CN(CCCc2ccccc2)C3)cn1. The molecule has 0 unspecified atom stereocenters. The molecule has 150 valence electrons. The molecule has 0 aliphatic carbocycles. The predicted molar refractivity (Wildman–Crippen MR) is 111 cm³/mol. The number of ether oxygens (including phenoxy) is 1. The van der Waals surface area contributed by atoms with Crippen LogP contribution in [-0.4, -0.2) is 59.1 Å². The lowest BCUT2D eigenvalue weighted by atomic mass is 9.95. The number of rotatable bonds is 8. The van der Waals surface area contributed by atoms with Crippen molar-refractivity contribution >= 4 is 0 Å². The average Bonchev–Trinajstić information content (AvgIpc) is 3.01. The molecular formula is C23H32N4O. The van der Waals surface area contributed by atoms with E-state index in [0.717, 1.165) is 18.3 Å². The minimum Gasteiger partial charge on any atom is -0.377 e. The summed E-state index contributed by atoms with van der Waals surface area (Å²) in [6.07, 6.45) is 9.07. The zero-order chi connectivity index (χ0) is 19.2. The molecule has 0 radical (unpaired) electrons. The molecule has 2 bridgehead atoms. The van der Waals surface area contributed by atoms with Crippen LogP contribution in [0.3, 0.4) is 0 Å². The van der Waals surface area contributed by atoms with E-state index in [1.54, 1.807) is 7.11 Å². The minimum atomic E-state index is 0.479. The van der Waals surface area contributed by atoms with Gasteiger partial charge in [0.05, 0.1) is 0 Å². The summed E-state index contributed by atoms with van der Waals surface area (Å²) in [6, 6.07) is 11.5. The first-order chi connectivity index (χ1) is 13.8. The first kappa shape index (κ1) is 19.5. The van der Waals surface area contributed by atoms with Crippen LogP contribution < -0.4 is 0 Å². The van der Waals surface area contributed by atoms with Crippen molar-refractivity contribution < 1.29 is 4.74 Å². The highest BCUT2D eigenvalue weighted by Crippen LogP contribution is 2.29. The van der Waals surface area contributed by atoms with Gasteiger partial charge in [-0.1, -0.05) is 30.3 Å². The number of methoxy groups -OCH3 is 1. The number of aryl methyl sites for hydroxylation is 1. The van der Waals surface area contributed by atoms with E-state index in [4.69, 9.17) is 4.74 Å². The van der Waals surface area contributed by atoms with Crippen molar-refractivity contribution in [2.45, 2.75) is 44.9 Å². The summed E-state index contributed by atoms with van der Waals surface area (Å²) < 4.78 is 5.11. The maximum atomic E-state index is 5.11. The maximum Gasteiger partial charge on any atom is 0.153 e. The van der Waals surface area contributed by atoms with E-state index in [1.807, 2.05) is 12.4 Å². The number of fused-ring (bicyclic) bond motifs is 4. The molecule has 5 nitrogen and oxygen atoms in total. The summed E-state index contributed by atoms with van der Waals surface area (Å²) in [5.41, 5.74) is 2.67. The topological polar surface area (TPSA) is 41.5 Å². The lowest BCUT2D eigenvalue weighted by Gasteiger charge is -2.36. The Balaban J connectivity index is 1.30. The largest absolute Gasteiger partial charge is 0.377 e. The van der Waals surface area contributed by atoms with Crippen molar-refractivity contribution in [1.29, 1.82) is 0 Å². The summed E-state index contributed by atoms with van der Waals surface area (Å²) in [7, 11) is 1.68. The molecule has 0 spiro atoms. The summed E-state index contributed by atoms with van der Waals surface area (Å²) in [5, 5.41) is 0. The highest BCUT2D eigenvalue weighted by atomic mass is 16.5. The number of piperidine rings is 1. The molecule has 0 amide bonds. The number of nitrogens with zero attached hydrogens (tertiary/aromatic N) is 4. The molecular weight excluding hydrogens is 348 g/mol. The Hall–Kier alpha value is -1.82. The van der Waals surface area contributed by atoms with Gasteiger partial charge in [-0.3, -0.25) is 4.90 Å². The highest BCUT2D eigenvalue weighted by Gasteiger charge is 2.34. The van der Waals surface area contributed by atoms with Crippen molar-refractivity contribution in [3.8, 4) is 0 Å². The van der Waals surface area contributed by atoms with E-state index in [0.29, 0.717) is 12.6 Å². The Morgan fingerprint density at radius 3 is 2.61 bits per heavy atom. The molecule has 0 saturated carbocycles. The van der Waals surface area contributed by atoms with Gasteiger partial charge in [0, 0.05) is 57.3 Å². The second-order valence-corrected chi connectivity index (χ2v) is 8.32. The van der Waals surface area contributed by atoms with Gasteiger partial charge < -0.3 is 9.64 Å². The Bertz CT molecular complexity index is 721. The predicted octanol–water partition coefficient (Wildman–Crippen LogP) is 3.15. The molecule has 4 heterocycles. The number of hydrogen-bond donors (Lipinski definition) is 0. The quantitative estimate of drug-likeness (QED) is 0.704. The lowest BCUT2D eigenvalue weighted by Crippen LogP contribution is -2.43. The molecule has 0 N–H and O–H groups in total. The third-order valence-corrected chi connectivity index (χ3v) is 6.10. The second kappa shape index (κ2) is 9.59. The average molecular weight is 381 g/mol. The Kier molecular flexibility index (Phi) is 6.68. The fourth-order valence-corrected chi connectivity index (χ4v) is 4.71. The van der Waals surface area contributed by atoms with Gasteiger partial charge in [-0.15, -0.1) is 0 Å². The number of benzene rings is 1. The zero-order valence-corrected chi connectivity index (χ0v) is 17.0. The molecule has 1 aromatic heterocycles. The standard InChI is InChI=1S/C23H32N4O/c1-28-18-23-24-12-21(13-25-23)16-27-15-20-9-10-22(27)17-26(14-20)11-5-8-19-6-3-2-4-7-19/h2-4,6-7,12-13,20,22H,5,8-11,14-18H2,1H3/t20-,22+/m0/s1. The van der Waals surface area contributed by atoms with E-state index in [2.05, 4.69) is 50.1 Å². The van der Waals surface area contributed by atoms with Crippen molar-refractivity contribution in [2.75, 3.05) is 33.3 Å². The first-order valence-corrected chi connectivity index (χ1v) is 10.6. The molecule has 3 aliphatic rings. The third-order valence-electron chi connectivity index (χ3n) is 6.10. The molecule has 1 aromatic carbocycles. The maximum absolute atomic E-state index is 5.11. The third kappa shape index (κ3) is 5.16. The van der Waals surface area contributed by atoms with Gasteiger partial charge in [-0.05, 0) is 43.7 Å². The van der Waals surface area contributed by atoms with Crippen LogP contribution in [0.25, 0.3) is 0 Å². The van der Waals surface area contributed by atoms with E-state index >= 15 is 0 Å². The van der Waals surface area contributed by atoms with E-state index in [-0.39, 0.29) is 0 Å². The van der Waals surface area contributed by atoms with Crippen molar-refractivity contribution in [2.24, 2.45) is 5.92 Å². The smallest absolute Gasteiger partial charge is 0.153 e. The Morgan fingerprint density at radius 2 is 1.82 bits per heavy atom. The minimum absolute atomic E-state index is 0.479. The highest BCUT2D eigenvalue weighted by molar-refractivity contribution is 5.14. The zero-order valence-electron chi connectivity index (χ0n) is 17.0. The fraction of sp³-hybridized carbons (Fsp3) is 0.565. The molecule has 3 saturated heterocycles. The fourth-order valence-electron chi connectivity index (χ4n) is 4.71. The Morgan fingerprint density at radius 1 is 1.00 bits per heavy atom. The Labute approximate surface area is 168 Å².